The molecule has 0 saturated heterocycles. The second kappa shape index (κ2) is 6.09. The van der Waals surface area contributed by atoms with Crippen molar-refractivity contribution in [1.82, 2.24) is 5.32 Å². The van der Waals surface area contributed by atoms with Gasteiger partial charge < -0.3 is 10.1 Å². The lowest BCUT2D eigenvalue weighted by Gasteiger charge is -2.25. The summed E-state index contributed by atoms with van der Waals surface area (Å²) in [5.41, 5.74) is -0.533. The molecule has 86 valence electrons. The molecule has 1 saturated carbocycles. The molecule has 1 rings (SSSR count). The Kier molecular flexibility index (Phi) is 5.07. The number of ether oxygens (including phenoxy) is 1. The van der Waals surface area contributed by atoms with E-state index in [1.54, 1.807) is 7.05 Å². The molecular formula is C12H22N2O. The van der Waals surface area contributed by atoms with Crippen molar-refractivity contribution >= 4 is 0 Å². The number of hydrogen-bond acceptors (Lipinski definition) is 3. The molecule has 1 N–H and O–H groups in total. The van der Waals surface area contributed by atoms with E-state index in [2.05, 4.69) is 11.4 Å². The second-order valence-electron chi connectivity index (χ2n) is 4.71. The number of nitriles is 1. The number of nitrogens with one attached hydrogen (secondary N) is 1. The highest BCUT2D eigenvalue weighted by Crippen LogP contribution is 2.23. The molecule has 15 heavy (non-hydrogen) atoms. The predicted octanol–water partition coefficient (Wildman–Crippen LogP) is 2.08. The Labute approximate surface area is 92.8 Å². The van der Waals surface area contributed by atoms with Gasteiger partial charge in [-0.25, -0.2) is 0 Å². The van der Waals surface area contributed by atoms with Crippen molar-refractivity contribution in [3.63, 3.8) is 0 Å². The van der Waals surface area contributed by atoms with Gasteiger partial charge in [0.15, 0.2) is 0 Å². The largest absolute Gasteiger partial charge is 0.378 e. The van der Waals surface area contributed by atoms with Crippen LogP contribution in [0.3, 0.4) is 0 Å². The van der Waals surface area contributed by atoms with Gasteiger partial charge in [0.1, 0.15) is 5.54 Å². The minimum atomic E-state index is -0.533. The lowest BCUT2D eigenvalue weighted by atomic mass is 9.90. The second-order valence-corrected chi connectivity index (χ2v) is 4.71. The summed E-state index contributed by atoms with van der Waals surface area (Å²) >= 11 is 0. The molecule has 1 unspecified atom stereocenters. The van der Waals surface area contributed by atoms with Crippen molar-refractivity contribution in [3.8, 4) is 6.07 Å². The van der Waals surface area contributed by atoms with Crippen LogP contribution in [-0.2, 0) is 4.74 Å². The maximum atomic E-state index is 8.93. The first-order chi connectivity index (χ1) is 7.20. The molecule has 1 aliphatic rings. The van der Waals surface area contributed by atoms with Crippen LogP contribution >= 0.6 is 0 Å². The third-order valence-electron chi connectivity index (χ3n) is 3.27. The van der Waals surface area contributed by atoms with Crippen LogP contribution in [0.25, 0.3) is 0 Å². The van der Waals surface area contributed by atoms with Gasteiger partial charge in [0.05, 0.1) is 12.7 Å². The number of rotatable bonds is 5. The first kappa shape index (κ1) is 12.5. The van der Waals surface area contributed by atoms with Gasteiger partial charge in [-0.1, -0.05) is 19.3 Å². The standard InChI is InChI=1S/C12H22N2O/c1-12(9-13,14-2)10-15-8-11-6-4-3-5-7-11/h11,14H,3-8,10H2,1-2H3. The van der Waals surface area contributed by atoms with E-state index in [0.29, 0.717) is 6.61 Å². The average molecular weight is 210 g/mol. The van der Waals surface area contributed by atoms with Crippen molar-refractivity contribution in [2.75, 3.05) is 20.3 Å². The molecule has 0 spiro atoms. The fourth-order valence-corrected chi connectivity index (χ4v) is 1.94. The molecule has 0 aromatic heterocycles. The van der Waals surface area contributed by atoms with E-state index in [0.717, 1.165) is 12.5 Å². The molecule has 1 fully saturated rings. The van der Waals surface area contributed by atoms with Crippen LogP contribution in [0.4, 0.5) is 0 Å². The van der Waals surface area contributed by atoms with Crippen LogP contribution in [0.5, 0.6) is 0 Å². The quantitative estimate of drug-likeness (QED) is 0.755. The SMILES string of the molecule is CNC(C)(C#N)COCC1CCCCC1. The monoisotopic (exact) mass is 210 g/mol. The summed E-state index contributed by atoms with van der Waals surface area (Å²) in [4.78, 5) is 0. The summed E-state index contributed by atoms with van der Waals surface area (Å²) in [5, 5.41) is 11.9. The van der Waals surface area contributed by atoms with Crippen LogP contribution in [0, 0.1) is 17.2 Å². The lowest BCUT2D eigenvalue weighted by Crippen LogP contribution is -2.43. The summed E-state index contributed by atoms with van der Waals surface area (Å²) in [6.45, 7) is 3.17. The molecule has 0 heterocycles. The Bertz CT molecular complexity index is 218. The fourth-order valence-electron chi connectivity index (χ4n) is 1.94. The fraction of sp³-hybridized carbons (Fsp3) is 0.917. The molecule has 3 nitrogen and oxygen atoms in total. The summed E-state index contributed by atoms with van der Waals surface area (Å²) < 4.78 is 5.64. The van der Waals surface area contributed by atoms with Crippen molar-refractivity contribution in [2.45, 2.75) is 44.6 Å². The van der Waals surface area contributed by atoms with Crippen molar-refractivity contribution < 1.29 is 4.74 Å². The Morgan fingerprint density at radius 2 is 2.07 bits per heavy atom. The van der Waals surface area contributed by atoms with Gasteiger partial charge in [-0.2, -0.15) is 5.26 Å². The summed E-state index contributed by atoms with van der Waals surface area (Å²) in [7, 11) is 1.80. The Balaban J connectivity index is 2.17. The third kappa shape index (κ3) is 4.19. The van der Waals surface area contributed by atoms with E-state index < -0.39 is 5.54 Å². The molecule has 0 aliphatic heterocycles. The maximum Gasteiger partial charge on any atom is 0.127 e. The molecule has 0 aromatic carbocycles. The van der Waals surface area contributed by atoms with Crippen molar-refractivity contribution in [2.24, 2.45) is 5.92 Å². The summed E-state index contributed by atoms with van der Waals surface area (Å²) in [6, 6.07) is 2.23. The van der Waals surface area contributed by atoms with Gasteiger partial charge in [0.25, 0.3) is 0 Å². The first-order valence-electron chi connectivity index (χ1n) is 5.88. The Hall–Kier alpha value is -0.590. The number of nitrogens with zero attached hydrogens (tertiary/aromatic N) is 1. The number of likely N-dealkylation sites (N-methyl/N-ethyl adjacent to an activating group) is 1. The minimum absolute atomic E-state index is 0.483. The Morgan fingerprint density at radius 3 is 2.60 bits per heavy atom. The van der Waals surface area contributed by atoms with Gasteiger partial charge in [0.2, 0.25) is 0 Å². The van der Waals surface area contributed by atoms with Gasteiger partial charge in [-0.3, -0.25) is 0 Å². The molecule has 3 heteroatoms. The van der Waals surface area contributed by atoms with Gasteiger partial charge in [-0.05, 0) is 32.7 Å². The molecule has 1 atom stereocenters. The topological polar surface area (TPSA) is 45.0 Å². The highest BCUT2D eigenvalue weighted by atomic mass is 16.5. The Morgan fingerprint density at radius 1 is 1.40 bits per heavy atom. The molecular weight excluding hydrogens is 188 g/mol. The van der Waals surface area contributed by atoms with E-state index in [4.69, 9.17) is 10.00 Å². The molecule has 1 aliphatic carbocycles. The molecule has 0 amide bonds. The molecule has 0 bridgehead atoms. The van der Waals surface area contributed by atoms with Crippen molar-refractivity contribution in [3.05, 3.63) is 0 Å². The maximum absolute atomic E-state index is 8.93. The predicted molar refractivity (Wildman–Crippen MR) is 60.5 cm³/mol. The lowest BCUT2D eigenvalue weighted by molar-refractivity contribution is 0.0598. The van der Waals surface area contributed by atoms with E-state index in [9.17, 15) is 0 Å². The van der Waals surface area contributed by atoms with E-state index in [-0.39, 0.29) is 0 Å². The van der Waals surface area contributed by atoms with Crippen LogP contribution < -0.4 is 5.32 Å². The van der Waals surface area contributed by atoms with Crippen LogP contribution in [-0.4, -0.2) is 25.8 Å². The van der Waals surface area contributed by atoms with E-state index in [1.807, 2.05) is 6.92 Å². The smallest absolute Gasteiger partial charge is 0.127 e. The normalized spacial score (nSPS) is 21.9. The van der Waals surface area contributed by atoms with Gasteiger partial charge in [0, 0.05) is 6.61 Å². The zero-order chi connectivity index (χ0) is 11.1. The zero-order valence-electron chi connectivity index (χ0n) is 9.88. The van der Waals surface area contributed by atoms with Crippen LogP contribution in [0.1, 0.15) is 39.0 Å². The number of hydrogen-bond donors (Lipinski definition) is 1. The van der Waals surface area contributed by atoms with Crippen molar-refractivity contribution in [1.29, 1.82) is 5.26 Å². The van der Waals surface area contributed by atoms with Crippen LogP contribution in [0.2, 0.25) is 0 Å². The summed E-state index contributed by atoms with van der Waals surface area (Å²) in [6.07, 6.45) is 6.65. The zero-order valence-corrected chi connectivity index (χ0v) is 9.88. The van der Waals surface area contributed by atoms with E-state index in [1.165, 1.54) is 32.1 Å². The highest BCUT2D eigenvalue weighted by molar-refractivity contribution is 5.02. The van der Waals surface area contributed by atoms with Gasteiger partial charge >= 0.3 is 0 Å². The third-order valence-corrected chi connectivity index (χ3v) is 3.27. The van der Waals surface area contributed by atoms with Gasteiger partial charge in [-0.15, -0.1) is 0 Å². The molecule has 0 aromatic rings. The average Bonchev–Trinajstić information content (AvgIpc) is 2.30. The minimum Gasteiger partial charge on any atom is -0.378 e. The van der Waals surface area contributed by atoms with E-state index >= 15 is 0 Å². The molecule has 0 radical (unpaired) electrons. The summed E-state index contributed by atoms with van der Waals surface area (Å²) in [5.74, 6) is 0.721. The first-order valence-corrected chi connectivity index (χ1v) is 5.88. The van der Waals surface area contributed by atoms with Crippen LogP contribution in [0.15, 0.2) is 0 Å². The highest BCUT2D eigenvalue weighted by Gasteiger charge is 2.22.